The van der Waals surface area contributed by atoms with Crippen LogP contribution in [0.2, 0.25) is 0 Å². The van der Waals surface area contributed by atoms with Gasteiger partial charge in [-0.3, -0.25) is 9.59 Å². The lowest BCUT2D eigenvalue weighted by Gasteiger charge is -2.24. The van der Waals surface area contributed by atoms with Crippen molar-refractivity contribution in [1.82, 2.24) is 5.32 Å². The Hall–Kier alpha value is -3.67. The molecule has 3 aromatic rings. The minimum Gasteiger partial charge on any atom is -0.497 e. The summed E-state index contributed by atoms with van der Waals surface area (Å²) < 4.78 is 18.5. The van der Waals surface area contributed by atoms with Gasteiger partial charge in [0.05, 0.1) is 7.11 Å². The van der Waals surface area contributed by atoms with Crippen LogP contribution < -0.4 is 15.0 Å². The second-order valence-corrected chi connectivity index (χ2v) is 6.74. The molecule has 0 atom stereocenters. The Balaban J connectivity index is 1.76. The summed E-state index contributed by atoms with van der Waals surface area (Å²) in [7, 11) is 1.54. The van der Waals surface area contributed by atoms with Gasteiger partial charge in [-0.1, -0.05) is 24.3 Å². The van der Waals surface area contributed by atoms with E-state index in [1.165, 1.54) is 24.1 Å². The van der Waals surface area contributed by atoms with E-state index in [1.54, 1.807) is 48.5 Å². The van der Waals surface area contributed by atoms with Gasteiger partial charge in [-0.05, 0) is 61.0 Å². The van der Waals surface area contributed by atoms with Gasteiger partial charge in [0.1, 0.15) is 11.6 Å². The van der Waals surface area contributed by atoms with E-state index in [2.05, 4.69) is 5.32 Å². The Kier molecular flexibility index (Phi) is 6.80. The molecule has 0 aliphatic heterocycles. The van der Waals surface area contributed by atoms with Crippen molar-refractivity contribution < 1.29 is 18.7 Å². The molecule has 0 heterocycles. The van der Waals surface area contributed by atoms with Gasteiger partial charge in [0, 0.05) is 29.9 Å². The number of hydrogen-bond acceptors (Lipinski definition) is 3. The Labute approximate surface area is 175 Å². The number of ether oxygens (including phenoxy) is 1. The van der Waals surface area contributed by atoms with E-state index < -0.39 is 0 Å². The molecule has 0 saturated heterocycles. The minimum atomic E-state index is -0.381. The summed E-state index contributed by atoms with van der Waals surface area (Å²) in [6.07, 6.45) is 0. The number of rotatable bonds is 7. The van der Waals surface area contributed by atoms with Gasteiger partial charge < -0.3 is 15.0 Å². The summed E-state index contributed by atoms with van der Waals surface area (Å²) in [4.78, 5) is 27.2. The first-order chi connectivity index (χ1) is 14.5. The fourth-order valence-corrected chi connectivity index (χ4v) is 3.07. The van der Waals surface area contributed by atoms with Gasteiger partial charge >= 0.3 is 0 Å². The third kappa shape index (κ3) is 5.03. The lowest BCUT2D eigenvalue weighted by molar-refractivity contribution is 0.0942. The van der Waals surface area contributed by atoms with Crippen LogP contribution >= 0.6 is 0 Å². The maximum absolute atomic E-state index is 13.4. The van der Waals surface area contributed by atoms with E-state index in [0.717, 1.165) is 5.56 Å². The molecule has 0 spiro atoms. The van der Waals surface area contributed by atoms with Gasteiger partial charge in [0.25, 0.3) is 11.8 Å². The van der Waals surface area contributed by atoms with Crippen molar-refractivity contribution in [3.05, 3.63) is 95.3 Å². The standard InChI is InChI=1S/C24H23FN2O3/c1-17-6-3-4-9-22(17)24(29)27(20-12-10-19(25)11-13-20)15-14-26-23(28)18-7-5-8-21(16-18)30-2/h3-13,16H,14-15H2,1-2H3,(H,26,28). The number of nitrogens with one attached hydrogen (secondary N) is 1. The number of methoxy groups -OCH3 is 1. The van der Waals surface area contributed by atoms with Crippen LogP contribution in [0, 0.1) is 12.7 Å². The summed E-state index contributed by atoms with van der Waals surface area (Å²) >= 11 is 0. The summed E-state index contributed by atoms with van der Waals surface area (Å²) in [5.74, 6) is -0.273. The highest BCUT2D eigenvalue weighted by atomic mass is 19.1. The number of benzene rings is 3. The molecule has 0 saturated carbocycles. The highest BCUT2D eigenvalue weighted by Gasteiger charge is 2.19. The van der Waals surface area contributed by atoms with Crippen LogP contribution in [0.25, 0.3) is 0 Å². The van der Waals surface area contributed by atoms with Gasteiger partial charge in [-0.15, -0.1) is 0 Å². The third-order valence-corrected chi connectivity index (χ3v) is 4.71. The number of carbonyl (C=O) groups excluding carboxylic acids is 2. The summed E-state index contributed by atoms with van der Waals surface area (Å²) in [6, 6.07) is 19.8. The van der Waals surface area contributed by atoms with E-state index >= 15 is 0 Å². The molecule has 0 unspecified atom stereocenters. The van der Waals surface area contributed by atoms with Crippen LogP contribution in [0.3, 0.4) is 0 Å². The SMILES string of the molecule is COc1cccc(C(=O)NCCN(C(=O)c2ccccc2C)c2ccc(F)cc2)c1. The van der Waals surface area contributed by atoms with Crippen LogP contribution in [0.4, 0.5) is 10.1 Å². The average Bonchev–Trinajstić information content (AvgIpc) is 2.77. The van der Waals surface area contributed by atoms with Gasteiger partial charge in [0.15, 0.2) is 0 Å². The molecule has 0 fully saturated rings. The van der Waals surface area contributed by atoms with E-state index in [0.29, 0.717) is 22.6 Å². The molecule has 0 bridgehead atoms. The summed E-state index contributed by atoms with van der Waals surface area (Å²) in [5, 5.41) is 2.82. The lowest BCUT2D eigenvalue weighted by Crippen LogP contribution is -2.39. The molecular weight excluding hydrogens is 383 g/mol. The number of aryl methyl sites for hydroxylation is 1. The van der Waals surface area contributed by atoms with Crippen LogP contribution in [-0.2, 0) is 0 Å². The van der Waals surface area contributed by atoms with E-state index in [4.69, 9.17) is 4.74 Å². The predicted molar refractivity (Wildman–Crippen MR) is 115 cm³/mol. The molecule has 0 aliphatic rings. The topological polar surface area (TPSA) is 58.6 Å². The second-order valence-electron chi connectivity index (χ2n) is 6.74. The van der Waals surface area contributed by atoms with Gasteiger partial charge in [0.2, 0.25) is 0 Å². The van der Waals surface area contributed by atoms with E-state index in [-0.39, 0.29) is 30.7 Å². The fourth-order valence-electron chi connectivity index (χ4n) is 3.07. The Morgan fingerprint density at radius 3 is 2.43 bits per heavy atom. The predicted octanol–water partition coefficient (Wildman–Crippen LogP) is 4.22. The van der Waals surface area contributed by atoms with Crippen molar-refractivity contribution in [2.75, 3.05) is 25.1 Å². The number of carbonyl (C=O) groups is 2. The van der Waals surface area contributed by atoms with Crippen LogP contribution in [-0.4, -0.2) is 32.0 Å². The monoisotopic (exact) mass is 406 g/mol. The number of nitrogens with zero attached hydrogens (tertiary/aromatic N) is 1. The smallest absolute Gasteiger partial charge is 0.258 e. The second kappa shape index (κ2) is 9.69. The number of hydrogen-bond donors (Lipinski definition) is 1. The zero-order valence-corrected chi connectivity index (χ0v) is 16.9. The molecule has 2 amide bonds. The van der Waals surface area contributed by atoms with Crippen molar-refractivity contribution in [1.29, 1.82) is 0 Å². The van der Waals surface area contributed by atoms with Gasteiger partial charge in [-0.25, -0.2) is 4.39 Å². The highest BCUT2D eigenvalue weighted by Crippen LogP contribution is 2.19. The Morgan fingerprint density at radius 1 is 1.00 bits per heavy atom. The van der Waals surface area contributed by atoms with Crippen LogP contribution in [0.1, 0.15) is 26.3 Å². The zero-order chi connectivity index (χ0) is 21.5. The van der Waals surface area contributed by atoms with E-state index in [1.807, 2.05) is 19.1 Å². The van der Waals surface area contributed by atoms with Gasteiger partial charge in [-0.2, -0.15) is 0 Å². The van der Waals surface area contributed by atoms with Crippen LogP contribution in [0.15, 0.2) is 72.8 Å². The lowest BCUT2D eigenvalue weighted by atomic mass is 10.1. The van der Waals surface area contributed by atoms with Crippen LogP contribution in [0.5, 0.6) is 5.75 Å². The molecule has 6 heteroatoms. The summed E-state index contributed by atoms with van der Waals surface area (Å²) in [6.45, 7) is 2.32. The van der Waals surface area contributed by atoms with E-state index in [9.17, 15) is 14.0 Å². The molecule has 3 aromatic carbocycles. The molecule has 5 nitrogen and oxygen atoms in total. The highest BCUT2D eigenvalue weighted by molar-refractivity contribution is 6.07. The molecule has 30 heavy (non-hydrogen) atoms. The molecular formula is C24H23FN2O3. The molecule has 0 aliphatic carbocycles. The molecule has 154 valence electrons. The zero-order valence-electron chi connectivity index (χ0n) is 16.9. The molecule has 1 N–H and O–H groups in total. The maximum atomic E-state index is 13.4. The minimum absolute atomic E-state index is 0.213. The Morgan fingerprint density at radius 2 is 1.73 bits per heavy atom. The maximum Gasteiger partial charge on any atom is 0.258 e. The molecule has 0 aromatic heterocycles. The van der Waals surface area contributed by atoms with Crippen molar-refractivity contribution >= 4 is 17.5 Å². The molecule has 0 radical (unpaired) electrons. The molecule has 3 rings (SSSR count). The number of halogens is 1. The van der Waals surface area contributed by atoms with Crippen molar-refractivity contribution in [3.63, 3.8) is 0 Å². The number of amides is 2. The first kappa shape index (κ1) is 21.0. The number of anilines is 1. The van der Waals surface area contributed by atoms with Crippen molar-refractivity contribution in [2.24, 2.45) is 0 Å². The Bertz CT molecular complexity index is 1030. The fraction of sp³-hybridized carbons (Fsp3) is 0.167. The van der Waals surface area contributed by atoms with Crippen molar-refractivity contribution in [3.8, 4) is 5.75 Å². The quantitative estimate of drug-likeness (QED) is 0.639. The normalized spacial score (nSPS) is 10.4. The third-order valence-electron chi connectivity index (χ3n) is 4.71. The average molecular weight is 406 g/mol. The first-order valence-electron chi connectivity index (χ1n) is 9.55. The first-order valence-corrected chi connectivity index (χ1v) is 9.55. The van der Waals surface area contributed by atoms with Crippen molar-refractivity contribution in [2.45, 2.75) is 6.92 Å². The largest absolute Gasteiger partial charge is 0.497 e. The summed E-state index contributed by atoms with van der Waals surface area (Å²) in [5.41, 5.74) is 2.42.